The number of benzene rings is 1. The highest BCUT2D eigenvalue weighted by molar-refractivity contribution is 7.90. The Hall–Kier alpha value is -1.40. The molecule has 1 aromatic carbocycles. The number of carbonyl (C=O) groups excluding carboxylic acids is 1. The molecule has 0 amide bonds. The number of aliphatic hydroxyl groups excluding tert-OH is 1. The maximum absolute atomic E-state index is 11.4. The molecule has 1 aromatic rings. The van der Waals surface area contributed by atoms with Crippen LogP contribution in [0, 0.1) is 5.41 Å². The topological polar surface area (TPSA) is 80.7 Å². The van der Waals surface area contributed by atoms with Crippen LogP contribution in [0.2, 0.25) is 0 Å². The van der Waals surface area contributed by atoms with Gasteiger partial charge in [0.15, 0.2) is 16.1 Å². The van der Waals surface area contributed by atoms with Gasteiger partial charge in [-0.05, 0) is 31.0 Å². The molecule has 0 heterocycles. The van der Waals surface area contributed by atoms with Crippen molar-refractivity contribution in [2.45, 2.75) is 17.7 Å². The average Bonchev–Trinajstić information content (AvgIpc) is 3.15. The second-order valence-corrected chi connectivity index (χ2v) is 7.05. The highest BCUT2D eigenvalue weighted by Gasteiger charge is 2.43. The van der Waals surface area contributed by atoms with E-state index in [1.165, 1.54) is 18.2 Å². The number of hydrogen-bond donors (Lipinski definition) is 1. The van der Waals surface area contributed by atoms with E-state index in [1.54, 1.807) is 0 Å². The van der Waals surface area contributed by atoms with Gasteiger partial charge in [-0.1, -0.05) is 0 Å². The third-order valence-corrected chi connectivity index (χ3v) is 4.47. The van der Waals surface area contributed by atoms with Gasteiger partial charge in [-0.15, -0.1) is 0 Å². The average molecular weight is 284 g/mol. The summed E-state index contributed by atoms with van der Waals surface area (Å²) < 4.78 is 28.3. The number of hydrogen-bond acceptors (Lipinski definition) is 5. The number of ether oxygens (including phenoxy) is 1. The summed E-state index contributed by atoms with van der Waals surface area (Å²) >= 11 is 0. The van der Waals surface area contributed by atoms with Crippen molar-refractivity contribution in [1.82, 2.24) is 0 Å². The fourth-order valence-electron chi connectivity index (χ4n) is 1.74. The first-order valence-electron chi connectivity index (χ1n) is 5.93. The predicted octanol–water partition coefficient (Wildman–Crippen LogP) is 1.05. The Morgan fingerprint density at radius 1 is 1.42 bits per heavy atom. The minimum atomic E-state index is -3.34. The summed E-state index contributed by atoms with van der Waals surface area (Å²) in [5, 5.41) is 9.18. The van der Waals surface area contributed by atoms with E-state index in [2.05, 4.69) is 0 Å². The van der Waals surface area contributed by atoms with E-state index < -0.39 is 9.84 Å². The van der Waals surface area contributed by atoms with Crippen LogP contribution in [0.3, 0.4) is 0 Å². The first-order valence-corrected chi connectivity index (χ1v) is 7.82. The fourth-order valence-corrected chi connectivity index (χ4v) is 2.39. The smallest absolute Gasteiger partial charge is 0.175 e. The summed E-state index contributed by atoms with van der Waals surface area (Å²) in [6.07, 6.45) is 3.47. The Kier molecular flexibility index (Phi) is 3.64. The molecule has 1 aliphatic rings. The summed E-state index contributed by atoms with van der Waals surface area (Å²) in [6, 6.07) is 4.19. The lowest BCUT2D eigenvalue weighted by molar-refractivity contribution is 0.111. The molecule has 0 bridgehead atoms. The lowest BCUT2D eigenvalue weighted by Gasteiger charge is -2.14. The number of rotatable bonds is 6. The molecule has 0 saturated heterocycles. The maximum atomic E-state index is 11.4. The maximum Gasteiger partial charge on any atom is 0.175 e. The summed E-state index contributed by atoms with van der Waals surface area (Å²) in [4.78, 5) is 11.1. The first kappa shape index (κ1) is 14.0. The second-order valence-electron chi connectivity index (χ2n) is 5.04. The number of aldehydes is 1. The third kappa shape index (κ3) is 3.13. The van der Waals surface area contributed by atoms with E-state index in [0.717, 1.165) is 19.1 Å². The lowest BCUT2D eigenvalue weighted by Crippen LogP contribution is -2.17. The molecule has 0 atom stereocenters. The van der Waals surface area contributed by atoms with E-state index in [1.807, 2.05) is 0 Å². The Labute approximate surface area is 112 Å². The van der Waals surface area contributed by atoms with Gasteiger partial charge in [0.05, 0.1) is 23.7 Å². The van der Waals surface area contributed by atoms with Crippen molar-refractivity contribution in [3.05, 3.63) is 23.8 Å². The van der Waals surface area contributed by atoms with Crippen molar-refractivity contribution in [3.63, 3.8) is 0 Å². The molecule has 0 unspecified atom stereocenters. The molecule has 0 aliphatic heterocycles. The first-order chi connectivity index (χ1) is 8.90. The summed E-state index contributed by atoms with van der Waals surface area (Å²) in [5.74, 6) is 0.349. The molecular weight excluding hydrogens is 268 g/mol. The third-order valence-electron chi connectivity index (χ3n) is 3.36. The normalized spacial score (nSPS) is 16.9. The predicted molar refractivity (Wildman–Crippen MR) is 69.2 cm³/mol. The summed E-state index contributed by atoms with van der Waals surface area (Å²) in [6.45, 7) is 0.396. The Morgan fingerprint density at radius 2 is 2.11 bits per heavy atom. The van der Waals surface area contributed by atoms with Crippen LogP contribution in [-0.2, 0) is 9.84 Å². The van der Waals surface area contributed by atoms with Gasteiger partial charge in [0, 0.05) is 11.7 Å². The highest BCUT2D eigenvalue weighted by atomic mass is 32.2. The van der Waals surface area contributed by atoms with Gasteiger partial charge in [0.2, 0.25) is 0 Å². The summed E-state index contributed by atoms with van der Waals surface area (Å²) in [7, 11) is -3.34. The molecule has 0 aromatic heterocycles. The van der Waals surface area contributed by atoms with Gasteiger partial charge < -0.3 is 9.84 Å². The molecule has 2 rings (SSSR count). The van der Waals surface area contributed by atoms with E-state index in [-0.39, 0.29) is 22.5 Å². The zero-order valence-corrected chi connectivity index (χ0v) is 11.4. The lowest BCUT2D eigenvalue weighted by atomic mass is 10.1. The van der Waals surface area contributed by atoms with Crippen LogP contribution >= 0.6 is 0 Å². The van der Waals surface area contributed by atoms with E-state index >= 15 is 0 Å². The van der Waals surface area contributed by atoms with Gasteiger partial charge in [-0.25, -0.2) is 8.42 Å². The van der Waals surface area contributed by atoms with Gasteiger partial charge in [0.25, 0.3) is 0 Å². The van der Waals surface area contributed by atoms with Crippen molar-refractivity contribution in [2.75, 3.05) is 19.5 Å². The zero-order chi connectivity index (χ0) is 14.1. The molecule has 1 N–H and O–H groups in total. The van der Waals surface area contributed by atoms with Crippen LogP contribution in [0.15, 0.2) is 23.1 Å². The van der Waals surface area contributed by atoms with Crippen LogP contribution in [0.25, 0.3) is 0 Å². The number of sulfone groups is 1. The minimum Gasteiger partial charge on any atom is -0.492 e. The summed E-state index contributed by atoms with van der Waals surface area (Å²) in [5.41, 5.74) is 0.0204. The van der Waals surface area contributed by atoms with E-state index in [0.29, 0.717) is 18.6 Å². The van der Waals surface area contributed by atoms with Crippen molar-refractivity contribution >= 4 is 16.1 Å². The molecule has 1 fully saturated rings. The monoisotopic (exact) mass is 284 g/mol. The van der Waals surface area contributed by atoms with E-state index in [4.69, 9.17) is 4.74 Å². The fraction of sp³-hybridized carbons (Fsp3) is 0.462. The Morgan fingerprint density at radius 3 is 2.58 bits per heavy atom. The Bertz CT molecular complexity index is 587. The van der Waals surface area contributed by atoms with Crippen LogP contribution in [0.1, 0.15) is 23.2 Å². The molecular formula is C13H16O5S. The molecule has 19 heavy (non-hydrogen) atoms. The van der Waals surface area contributed by atoms with Gasteiger partial charge >= 0.3 is 0 Å². The Balaban J connectivity index is 2.19. The van der Waals surface area contributed by atoms with Crippen LogP contribution in [0.4, 0.5) is 0 Å². The molecule has 6 heteroatoms. The van der Waals surface area contributed by atoms with Crippen molar-refractivity contribution in [2.24, 2.45) is 5.41 Å². The SMILES string of the molecule is CS(=O)(=O)c1ccc(OCC2(CO)CC2)c(C=O)c1. The van der Waals surface area contributed by atoms with Crippen LogP contribution in [0.5, 0.6) is 5.75 Å². The van der Waals surface area contributed by atoms with Gasteiger partial charge in [-0.2, -0.15) is 0 Å². The minimum absolute atomic E-state index is 0.0604. The molecule has 0 spiro atoms. The second kappa shape index (κ2) is 4.94. The molecule has 1 aliphatic carbocycles. The quantitative estimate of drug-likeness (QED) is 0.790. The van der Waals surface area contributed by atoms with Crippen molar-refractivity contribution < 1.29 is 23.1 Å². The molecule has 1 saturated carbocycles. The number of aliphatic hydroxyl groups is 1. The number of carbonyl (C=O) groups is 1. The van der Waals surface area contributed by atoms with Crippen molar-refractivity contribution in [3.8, 4) is 5.75 Å². The van der Waals surface area contributed by atoms with Gasteiger partial charge in [0.1, 0.15) is 5.75 Å². The van der Waals surface area contributed by atoms with Gasteiger partial charge in [-0.3, -0.25) is 4.79 Å². The largest absolute Gasteiger partial charge is 0.492 e. The molecule has 104 valence electrons. The molecule has 0 radical (unpaired) electrons. The van der Waals surface area contributed by atoms with Crippen molar-refractivity contribution in [1.29, 1.82) is 0 Å². The van der Waals surface area contributed by atoms with Crippen LogP contribution in [-0.4, -0.2) is 39.3 Å². The standard InChI is InChI=1S/C13H16O5S/c1-19(16,17)11-2-3-12(10(6-11)7-14)18-9-13(8-15)4-5-13/h2-3,6-7,15H,4-5,8-9H2,1H3. The molecule has 5 nitrogen and oxygen atoms in total. The highest BCUT2D eigenvalue weighted by Crippen LogP contribution is 2.45. The van der Waals surface area contributed by atoms with E-state index in [9.17, 15) is 18.3 Å². The van der Waals surface area contributed by atoms with Crippen LogP contribution < -0.4 is 4.74 Å². The zero-order valence-electron chi connectivity index (χ0n) is 10.6.